The third kappa shape index (κ3) is 9.19. The number of nitrogens with one attached hydrogen (secondary N) is 1. The number of rotatable bonds is 15. The number of para-hydroxylation sites is 1. The summed E-state index contributed by atoms with van der Waals surface area (Å²) in [6, 6.07) is 30.9. The fourth-order valence-electron chi connectivity index (χ4n) is 7.40. The van der Waals surface area contributed by atoms with Gasteiger partial charge in [-0.1, -0.05) is 78.9 Å². The zero-order valence-corrected chi connectivity index (χ0v) is 32.5. The number of nitrogens with zero attached hydrogens (tertiary/aromatic N) is 3. The number of ether oxygens (including phenoxy) is 4. The van der Waals surface area contributed by atoms with Crippen molar-refractivity contribution in [2.24, 2.45) is 7.05 Å². The van der Waals surface area contributed by atoms with Crippen LogP contribution in [-0.2, 0) is 39.0 Å². The second-order valence-electron chi connectivity index (χ2n) is 14.7. The van der Waals surface area contributed by atoms with Gasteiger partial charge in [0.25, 0.3) is 0 Å². The van der Waals surface area contributed by atoms with Crippen molar-refractivity contribution in [1.29, 1.82) is 5.26 Å². The average Bonchev–Trinajstić information content (AvgIpc) is 3.67. The number of nitriles is 1. The molecule has 55 heavy (non-hydrogen) atoms. The van der Waals surface area contributed by atoms with E-state index in [2.05, 4.69) is 35.7 Å². The fourth-order valence-corrected chi connectivity index (χ4v) is 7.40. The summed E-state index contributed by atoms with van der Waals surface area (Å²) in [5.74, 6) is 0.231. The Morgan fingerprint density at radius 3 is 2.13 bits per heavy atom. The van der Waals surface area contributed by atoms with Crippen LogP contribution in [0.4, 0.5) is 4.79 Å². The highest BCUT2D eigenvalue weighted by molar-refractivity contribution is 5.90. The first kappa shape index (κ1) is 39.1. The number of fused-ring (bicyclic) bond motifs is 4. The van der Waals surface area contributed by atoms with Gasteiger partial charge in [-0.15, -0.1) is 0 Å². The molecular formula is C45H50N4O6. The van der Waals surface area contributed by atoms with Gasteiger partial charge in [-0.3, -0.25) is 4.79 Å². The van der Waals surface area contributed by atoms with Gasteiger partial charge < -0.3 is 33.7 Å². The van der Waals surface area contributed by atoms with Crippen molar-refractivity contribution in [3.05, 3.63) is 125 Å². The first-order valence-corrected chi connectivity index (χ1v) is 18.9. The minimum atomic E-state index is -1.00. The molecule has 5 aromatic rings. The van der Waals surface area contributed by atoms with Crippen molar-refractivity contribution in [3.8, 4) is 22.9 Å². The zero-order chi connectivity index (χ0) is 39.1. The molecule has 0 fully saturated rings. The van der Waals surface area contributed by atoms with Gasteiger partial charge in [-0.2, -0.15) is 5.26 Å². The lowest BCUT2D eigenvalue weighted by atomic mass is 9.98. The van der Waals surface area contributed by atoms with Gasteiger partial charge in [0.05, 0.1) is 17.6 Å². The van der Waals surface area contributed by atoms with E-state index in [9.17, 15) is 14.9 Å². The van der Waals surface area contributed by atoms with E-state index in [0.29, 0.717) is 24.5 Å². The number of benzene rings is 4. The molecule has 1 aromatic heterocycles. The van der Waals surface area contributed by atoms with E-state index in [1.54, 1.807) is 11.1 Å². The number of aryl methyl sites for hydroxylation is 1. The third-order valence-electron chi connectivity index (χ3n) is 9.67. The van der Waals surface area contributed by atoms with Crippen LogP contribution in [0.3, 0.4) is 0 Å². The summed E-state index contributed by atoms with van der Waals surface area (Å²) in [5.41, 5.74) is 7.13. The van der Waals surface area contributed by atoms with Gasteiger partial charge in [0.15, 0.2) is 6.29 Å². The van der Waals surface area contributed by atoms with Gasteiger partial charge in [0.2, 0.25) is 5.91 Å². The molecule has 1 heterocycles. The molecule has 10 heteroatoms. The molecule has 0 spiro atoms. The maximum absolute atomic E-state index is 14.9. The van der Waals surface area contributed by atoms with Gasteiger partial charge in [-0.05, 0) is 80.1 Å². The quantitative estimate of drug-likeness (QED) is 0.108. The Labute approximate surface area is 323 Å². The lowest BCUT2D eigenvalue weighted by Crippen LogP contribution is -2.51. The molecule has 1 aliphatic rings. The molecule has 0 aliphatic heterocycles. The monoisotopic (exact) mass is 742 g/mol. The first-order valence-electron chi connectivity index (χ1n) is 18.9. The van der Waals surface area contributed by atoms with Crippen LogP contribution in [0.1, 0.15) is 68.4 Å². The molecule has 2 amide bonds. The van der Waals surface area contributed by atoms with Crippen LogP contribution in [0.25, 0.3) is 22.0 Å². The molecule has 0 unspecified atom stereocenters. The van der Waals surface area contributed by atoms with Gasteiger partial charge in [0, 0.05) is 50.7 Å². The lowest BCUT2D eigenvalue weighted by Gasteiger charge is -2.31. The van der Waals surface area contributed by atoms with E-state index in [0.717, 1.165) is 44.3 Å². The van der Waals surface area contributed by atoms with Crippen LogP contribution in [0, 0.1) is 11.3 Å². The summed E-state index contributed by atoms with van der Waals surface area (Å²) in [6.07, 6.45) is 0.584. The van der Waals surface area contributed by atoms with E-state index in [1.165, 1.54) is 0 Å². The van der Waals surface area contributed by atoms with E-state index >= 15 is 0 Å². The standard InChI is InChI=1S/C45H50N4O6/c1-7-52-41(53-8-2)28-49(27-31-14-13-19-34-32(25-46)26-48(6)42(31)34)43(50)40(24-30-20-22-33(23-21-30)55-45(3,4)5)47-44(51)54-29-39-37-17-11-9-15-35(37)36-16-10-12-18-38(36)39/h9-23,26,39-41H,7-8,24,27-29H2,1-6H3,(H,47,51)/t40-/m0/s1. The summed E-state index contributed by atoms with van der Waals surface area (Å²) >= 11 is 0. The van der Waals surface area contributed by atoms with Crippen molar-refractivity contribution in [2.45, 2.75) is 71.4 Å². The number of alkyl carbamates (subject to hydrolysis) is 1. The highest BCUT2D eigenvalue weighted by Crippen LogP contribution is 2.44. The number of hydrogen-bond acceptors (Lipinski definition) is 7. The summed E-state index contributed by atoms with van der Waals surface area (Å²) < 4.78 is 25.8. The second kappa shape index (κ2) is 17.2. The lowest BCUT2D eigenvalue weighted by molar-refractivity contribution is -0.160. The van der Waals surface area contributed by atoms with E-state index in [-0.39, 0.29) is 43.5 Å². The molecule has 1 N–H and O–H groups in total. The Morgan fingerprint density at radius 2 is 1.53 bits per heavy atom. The largest absolute Gasteiger partial charge is 0.488 e. The summed E-state index contributed by atoms with van der Waals surface area (Å²) in [6.45, 7) is 10.9. The van der Waals surface area contributed by atoms with E-state index in [1.807, 2.05) is 113 Å². The Bertz CT molecular complexity index is 2110. The topological polar surface area (TPSA) is 115 Å². The predicted octanol–water partition coefficient (Wildman–Crippen LogP) is 8.10. The molecule has 0 saturated heterocycles. The van der Waals surface area contributed by atoms with Crippen molar-refractivity contribution >= 4 is 22.9 Å². The minimum absolute atomic E-state index is 0.105. The van der Waals surface area contributed by atoms with Crippen molar-refractivity contribution in [2.75, 3.05) is 26.4 Å². The van der Waals surface area contributed by atoms with Crippen molar-refractivity contribution < 1.29 is 28.5 Å². The van der Waals surface area contributed by atoms with Crippen LogP contribution in [0.5, 0.6) is 5.75 Å². The number of aromatic nitrogens is 1. The van der Waals surface area contributed by atoms with Crippen LogP contribution in [0.15, 0.2) is 97.2 Å². The summed E-state index contributed by atoms with van der Waals surface area (Å²) in [5, 5.41) is 13.5. The first-order chi connectivity index (χ1) is 26.5. The number of carbonyl (C=O) groups is 2. The maximum Gasteiger partial charge on any atom is 0.407 e. The summed E-state index contributed by atoms with van der Waals surface area (Å²) in [4.78, 5) is 30.4. The number of carbonyl (C=O) groups excluding carboxylic acids is 2. The predicted molar refractivity (Wildman–Crippen MR) is 213 cm³/mol. The molecule has 0 radical (unpaired) electrons. The minimum Gasteiger partial charge on any atom is -0.488 e. The highest BCUT2D eigenvalue weighted by atomic mass is 16.7. The zero-order valence-electron chi connectivity index (χ0n) is 32.5. The molecule has 6 rings (SSSR count). The van der Waals surface area contributed by atoms with Gasteiger partial charge >= 0.3 is 6.09 Å². The van der Waals surface area contributed by atoms with Crippen LogP contribution < -0.4 is 10.1 Å². The molecule has 10 nitrogen and oxygen atoms in total. The Balaban J connectivity index is 1.30. The molecule has 286 valence electrons. The van der Waals surface area contributed by atoms with Crippen LogP contribution in [0.2, 0.25) is 0 Å². The summed E-state index contributed by atoms with van der Waals surface area (Å²) in [7, 11) is 1.89. The Hall–Kier alpha value is -5.63. The van der Waals surface area contributed by atoms with E-state index in [4.69, 9.17) is 18.9 Å². The molecule has 0 saturated carbocycles. The Morgan fingerprint density at radius 1 is 0.891 bits per heavy atom. The third-order valence-corrected chi connectivity index (χ3v) is 9.67. The molecular weight excluding hydrogens is 693 g/mol. The van der Waals surface area contributed by atoms with Gasteiger partial charge in [-0.25, -0.2) is 4.79 Å². The molecule has 4 aromatic carbocycles. The SMILES string of the molecule is CCOC(CN(Cc1cccc2c(C#N)cn(C)c12)C(=O)[C@H](Cc1ccc(OC(C)(C)C)cc1)NC(=O)OCC1c2ccccc2-c2ccccc21)OCC. The van der Waals surface area contributed by atoms with Crippen molar-refractivity contribution in [1.82, 2.24) is 14.8 Å². The molecule has 0 bridgehead atoms. The normalized spacial score (nSPS) is 12.9. The highest BCUT2D eigenvalue weighted by Gasteiger charge is 2.32. The van der Waals surface area contributed by atoms with Crippen LogP contribution >= 0.6 is 0 Å². The van der Waals surface area contributed by atoms with E-state index < -0.39 is 18.4 Å². The maximum atomic E-state index is 14.9. The molecule has 1 atom stereocenters. The van der Waals surface area contributed by atoms with Crippen molar-refractivity contribution in [3.63, 3.8) is 0 Å². The van der Waals surface area contributed by atoms with Gasteiger partial charge in [0.1, 0.15) is 30.1 Å². The fraction of sp³-hybridized carbons (Fsp3) is 0.356. The second-order valence-corrected chi connectivity index (χ2v) is 14.7. The Kier molecular flexibility index (Phi) is 12.2. The number of amides is 2. The number of hydrogen-bond donors (Lipinski definition) is 1. The molecule has 1 aliphatic carbocycles. The average molecular weight is 743 g/mol. The smallest absolute Gasteiger partial charge is 0.407 e. The van der Waals surface area contributed by atoms with Crippen LogP contribution in [-0.4, -0.2) is 65.8 Å².